The topological polar surface area (TPSA) is 112 Å². The summed E-state index contributed by atoms with van der Waals surface area (Å²) in [7, 11) is 0. The summed E-state index contributed by atoms with van der Waals surface area (Å²) in [4.78, 5) is 21.6. The summed E-state index contributed by atoms with van der Waals surface area (Å²) >= 11 is 0. The van der Waals surface area contributed by atoms with Crippen molar-refractivity contribution in [1.29, 1.82) is 0 Å². The first-order chi connectivity index (χ1) is 6.52. The van der Waals surface area contributed by atoms with E-state index in [1.165, 1.54) is 0 Å². The second kappa shape index (κ2) is 4.10. The van der Waals surface area contributed by atoms with Gasteiger partial charge in [0.05, 0.1) is 0 Å². The first-order valence-corrected chi connectivity index (χ1v) is 4.27. The van der Waals surface area contributed by atoms with E-state index in [1.807, 2.05) is 0 Å². The molecule has 6 heteroatoms. The fourth-order valence-corrected chi connectivity index (χ4v) is 1.20. The smallest absolute Gasteiger partial charge is 0.320 e. The van der Waals surface area contributed by atoms with Gasteiger partial charge in [-0.1, -0.05) is 0 Å². The van der Waals surface area contributed by atoms with Crippen LogP contribution in [0.1, 0.15) is 17.7 Å². The Bertz CT molecular complexity index is 379. The molecule has 78 valence electrons. The van der Waals surface area contributed by atoms with Crippen LogP contribution in [0.2, 0.25) is 0 Å². The lowest BCUT2D eigenvalue weighted by molar-refractivity contribution is -0.138. The molecule has 0 aliphatic rings. The predicted octanol–water partition coefficient (Wildman–Crippen LogP) is -0.644. The van der Waals surface area contributed by atoms with Gasteiger partial charge in [0.2, 0.25) is 0 Å². The Balaban J connectivity index is 2.62. The van der Waals surface area contributed by atoms with Crippen LogP contribution < -0.4 is 11.3 Å². The van der Waals surface area contributed by atoms with Gasteiger partial charge in [-0.05, 0) is 19.8 Å². The molecule has 0 saturated carbocycles. The Morgan fingerprint density at radius 2 is 2.21 bits per heavy atom. The second-order valence-electron chi connectivity index (χ2n) is 3.17. The van der Waals surface area contributed by atoms with Crippen LogP contribution >= 0.6 is 0 Å². The number of hydrogen-bond acceptors (Lipinski definition) is 3. The van der Waals surface area contributed by atoms with Gasteiger partial charge < -0.3 is 15.9 Å². The fourth-order valence-electron chi connectivity index (χ4n) is 1.20. The third-order valence-electron chi connectivity index (χ3n) is 2.11. The summed E-state index contributed by atoms with van der Waals surface area (Å²) in [6.07, 6.45) is 0.634. The number of hydrogen-bond donors (Lipinski definition) is 4. The largest absolute Gasteiger partial charge is 0.480 e. The third-order valence-corrected chi connectivity index (χ3v) is 2.11. The number of nitrogens with two attached hydrogens (primary N) is 1. The number of H-pyrrole nitrogens is 2. The van der Waals surface area contributed by atoms with E-state index in [4.69, 9.17) is 10.8 Å². The van der Waals surface area contributed by atoms with Gasteiger partial charge in [0, 0.05) is 11.3 Å². The van der Waals surface area contributed by atoms with Gasteiger partial charge in [-0.15, -0.1) is 0 Å². The highest BCUT2D eigenvalue weighted by molar-refractivity contribution is 5.73. The number of carboxylic acid groups (broad SMARTS) is 1. The Morgan fingerprint density at radius 3 is 2.64 bits per heavy atom. The number of aromatic nitrogens is 2. The Hall–Kier alpha value is -1.56. The third kappa shape index (κ3) is 2.23. The van der Waals surface area contributed by atoms with Crippen molar-refractivity contribution in [3.63, 3.8) is 0 Å². The number of aromatic amines is 2. The van der Waals surface area contributed by atoms with Crippen LogP contribution in [0, 0.1) is 6.92 Å². The normalized spacial score (nSPS) is 12.7. The maximum Gasteiger partial charge on any atom is 0.320 e. The maximum absolute atomic E-state index is 11.1. The predicted molar refractivity (Wildman–Crippen MR) is 50.1 cm³/mol. The van der Waals surface area contributed by atoms with Crippen molar-refractivity contribution in [2.75, 3.05) is 0 Å². The maximum atomic E-state index is 11.1. The number of nitrogens with one attached hydrogen (secondary N) is 2. The molecule has 14 heavy (non-hydrogen) atoms. The minimum atomic E-state index is -1.05. The average molecular weight is 199 g/mol. The monoisotopic (exact) mass is 199 g/mol. The van der Waals surface area contributed by atoms with Gasteiger partial charge in [0.1, 0.15) is 6.04 Å². The molecule has 0 amide bonds. The molecule has 0 radical (unpaired) electrons. The van der Waals surface area contributed by atoms with Crippen LogP contribution in [0.5, 0.6) is 0 Å². The van der Waals surface area contributed by atoms with Crippen molar-refractivity contribution in [2.24, 2.45) is 5.73 Å². The quantitative estimate of drug-likeness (QED) is 0.516. The van der Waals surface area contributed by atoms with Crippen LogP contribution in [0.4, 0.5) is 0 Å². The van der Waals surface area contributed by atoms with Crippen LogP contribution in [0.15, 0.2) is 4.79 Å². The van der Waals surface area contributed by atoms with E-state index >= 15 is 0 Å². The molecule has 1 rings (SSSR count). The number of aliphatic carboxylic acids is 1. The molecule has 0 aliphatic heterocycles. The lowest BCUT2D eigenvalue weighted by atomic mass is 10.1. The van der Waals surface area contributed by atoms with Crippen molar-refractivity contribution in [2.45, 2.75) is 25.8 Å². The molecule has 1 aromatic rings. The van der Waals surface area contributed by atoms with Gasteiger partial charge >= 0.3 is 5.97 Å². The van der Waals surface area contributed by atoms with Crippen LogP contribution in [-0.4, -0.2) is 27.3 Å². The van der Waals surface area contributed by atoms with Crippen LogP contribution in [-0.2, 0) is 11.2 Å². The molecule has 5 N–H and O–H groups in total. The molecule has 0 aromatic carbocycles. The summed E-state index contributed by atoms with van der Waals surface area (Å²) in [5.41, 5.74) is 6.40. The van der Waals surface area contributed by atoms with E-state index in [0.717, 1.165) is 5.69 Å². The molecular weight excluding hydrogens is 186 g/mol. The number of carbonyl (C=O) groups is 1. The molecule has 0 aliphatic carbocycles. The van der Waals surface area contributed by atoms with E-state index in [1.54, 1.807) is 6.92 Å². The zero-order valence-electron chi connectivity index (χ0n) is 7.83. The van der Waals surface area contributed by atoms with Crippen molar-refractivity contribution < 1.29 is 9.90 Å². The fraction of sp³-hybridized carbons (Fsp3) is 0.500. The molecule has 1 aromatic heterocycles. The van der Waals surface area contributed by atoms with Crippen LogP contribution in [0.3, 0.4) is 0 Å². The zero-order valence-corrected chi connectivity index (χ0v) is 7.83. The highest BCUT2D eigenvalue weighted by atomic mass is 16.4. The van der Waals surface area contributed by atoms with E-state index in [0.29, 0.717) is 12.0 Å². The van der Waals surface area contributed by atoms with Crippen LogP contribution in [0.25, 0.3) is 0 Å². The van der Waals surface area contributed by atoms with Gasteiger partial charge in [-0.2, -0.15) is 0 Å². The molecule has 1 atom stereocenters. The minimum absolute atomic E-state index is 0.208. The van der Waals surface area contributed by atoms with Crippen molar-refractivity contribution in [3.8, 4) is 0 Å². The van der Waals surface area contributed by atoms with E-state index in [9.17, 15) is 9.59 Å². The van der Waals surface area contributed by atoms with Crippen molar-refractivity contribution in [1.82, 2.24) is 10.2 Å². The summed E-state index contributed by atoms with van der Waals surface area (Å²) < 4.78 is 0. The van der Waals surface area contributed by atoms with E-state index in [-0.39, 0.29) is 12.0 Å². The molecule has 0 bridgehead atoms. The van der Waals surface area contributed by atoms with Crippen molar-refractivity contribution in [3.05, 3.63) is 21.6 Å². The Labute approximate surface area is 80.1 Å². The summed E-state index contributed by atoms with van der Waals surface area (Å²) in [5.74, 6) is -1.05. The number of rotatable bonds is 4. The Morgan fingerprint density at radius 1 is 1.57 bits per heavy atom. The molecule has 0 unspecified atom stereocenters. The summed E-state index contributed by atoms with van der Waals surface area (Å²) in [5, 5.41) is 13.6. The summed E-state index contributed by atoms with van der Waals surface area (Å²) in [6, 6.07) is -0.913. The Kier molecular flexibility index (Phi) is 3.08. The number of aryl methyl sites for hydroxylation is 1. The molecule has 0 saturated heterocycles. The first kappa shape index (κ1) is 10.5. The van der Waals surface area contributed by atoms with Gasteiger partial charge in [-0.25, -0.2) is 0 Å². The highest BCUT2D eigenvalue weighted by Gasteiger charge is 2.13. The first-order valence-electron chi connectivity index (χ1n) is 4.27. The lowest BCUT2D eigenvalue weighted by Crippen LogP contribution is -2.31. The van der Waals surface area contributed by atoms with Gasteiger partial charge in [0.25, 0.3) is 5.56 Å². The van der Waals surface area contributed by atoms with Gasteiger partial charge in [0.15, 0.2) is 0 Å². The zero-order chi connectivity index (χ0) is 10.7. The number of carboxylic acids is 1. The van der Waals surface area contributed by atoms with Gasteiger partial charge in [-0.3, -0.25) is 14.7 Å². The lowest BCUT2D eigenvalue weighted by Gasteiger charge is -2.04. The molecule has 1 heterocycles. The molecule has 0 spiro atoms. The van der Waals surface area contributed by atoms with E-state index in [2.05, 4.69) is 10.2 Å². The molecule has 0 fully saturated rings. The second-order valence-corrected chi connectivity index (χ2v) is 3.17. The standard InChI is InChI=1S/C8H13N3O3/c1-4-5(7(12)11-10-4)2-3-6(9)8(13)14/h6H,2-3,9H2,1H3,(H,13,14)(H2,10,11,12)/t6-/m1/s1. The van der Waals surface area contributed by atoms with Crippen molar-refractivity contribution >= 4 is 5.97 Å². The average Bonchev–Trinajstić information content (AvgIpc) is 2.43. The highest BCUT2D eigenvalue weighted by Crippen LogP contribution is 2.02. The molecular formula is C8H13N3O3. The SMILES string of the molecule is Cc1[nH][nH]c(=O)c1CC[C@@H](N)C(=O)O. The molecule has 6 nitrogen and oxygen atoms in total. The summed E-state index contributed by atoms with van der Waals surface area (Å²) in [6.45, 7) is 1.75. The van der Waals surface area contributed by atoms with E-state index < -0.39 is 12.0 Å². The minimum Gasteiger partial charge on any atom is -0.480 e.